The Kier molecular flexibility index (Phi) is 4.28. The zero-order chi connectivity index (χ0) is 8.15. The number of Topliss-reactive ketones (excluding diaryl/α,β-unsaturated/α-hetero) is 1. The molecule has 0 aliphatic heterocycles. The standard InChI is InChI=1S/C8H16O2/c1-6(5-7(2)9)8(3)10-4/h6,8H,5H2,1-4H3. The molecule has 0 aliphatic rings. The van der Waals surface area contributed by atoms with Crippen LogP contribution in [-0.2, 0) is 9.53 Å². The topological polar surface area (TPSA) is 26.3 Å². The van der Waals surface area contributed by atoms with Crippen LogP contribution in [0.2, 0.25) is 0 Å². The predicted octanol–water partition coefficient (Wildman–Crippen LogP) is 1.64. The van der Waals surface area contributed by atoms with Crippen LogP contribution in [0.25, 0.3) is 0 Å². The Morgan fingerprint density at radius 2 is 2.00 bits per heavy atom. The molecule has 2 nitrogen and oxygen atoms in total. The summed E-state index contributed by atoms with van der Waals surface area (Å²) in [6.45, 7) is 5.61. The van der Waals surface area contributed by atoms with Crippen LogP contribution in [0.1, 0.15) is 27.2 Å². The van der Waals surface area contributed by atoms with E-state index in [1.807, 2.05) is 13.8 Å². The quantitative estimate of drug-likeness (QED) is 0.599. The second-order valence-corrected chi connectivity index (χ2v) is 2.82. The van der Waals surface area contributed by atoms with E-state index in [1.54, 1.807) is 14.0 Å². The van der Waals surface area contributed by atoms with Crippen LogP contribution in [-0.4, -0.2) is 19.0 Å². The summed E-state index contributed by atoms with van der Waals surface area (Å²) < 4.78 is 5.06. The molecule has 0 N–H and O–H groups in total. The van der Waals surface area contributed by atoms with E-state index >= 15 is 0 Å². The van der Waals surface area contributed by atoms with Gasteiger partial charge in [-0.25, -0.2) is 0 Å². The molecule has 2 atom stereocenters. The number of hydrogen-bond acceptors (Lipinski definition) is 2. The van der Waals surface area contributed by atoms with Gasteiger partial charge in [0.1, 0.15) is 5.78 Å². The first-order valence-corrected chi connectivity index (χ1v) is 3.60. The van der Waals surface area contributed by atoms with Crippen molar-refractivity contribution in [2.45, 2.75) is 33.3 Å². The van der Waals surface area contributed by atoms with E-state index < -0.39 is 0 Å². The second kappa shape index (κ2) is 4.45. The van der Waals surface area contributed by atoms with Gasteiger partial charge in [-0.2, -0.15) is 0 Å². The Bertz CT molecular complexity index is 110. The smallest absolute Gasteiger partial charge is 0.130 e. The van der Waals surface area contributed by atoms with Crippen molar-refractivity contribution in [3.63, 3.8) is 0 Å². The van der Waals surface area contributed by atoms with Crippen molar-refractivity contribution >= 4 is 5.78 Å². The zero-order valence-electron chi connectivity index (χ0n) is 7.18. The van der Waals surface area contributed by atoms with Crippen molar-refractivity contribution in [1.82, 2.24) is 0 Å². The van der Waals surface area contributed by atoms with Gasteiger partial charge in [0.15, 0.2) is 0 Å². The normalized spacial score (nSPS) is 16.4. The minimum absolute atomic E-state index is 0.184. The Labute approximate surface area is 62.6 Å². The molecule has 0 amide bonds. The minimum Gasteiger partial charge on any atom is -0.381 e. The summed E-state index contributed by atoms with van der Waals surface area (Å²) in [6, 6.07) is 0. The first-order chi connectivity index (χ1) is 4.57. The van der Waals surface area contributed by atoms with Crippen molar-refractivity contribution in [2.24, 2.45) is 5.92 Å². The molecule has 0 radical (unpaired) electrons. The predicted molar refractivity (Wildman–Crippen MR) is 40.9 cm³/mol. The molecule has 0 saturated heterocycles. The summed E-state index contributed by atoms with van der Waals surface area (Å²) in [7, 11) is 1.67. The number of ketones is 1. The van der Waals surface area contributed by atoms with E-state index in [-0.39, 0.29) is 11.9 Å². The number of methoxy groups -OCH3 is 1. The second-order valence-electron chi connectivity index (χ2n) is 2.82. The van der Waals surface area contributed by atoms with Gasteiger partial charge in [-0.1, -0.05) is 6.92 Å². The lowest BCUT2D eigenvalue weighted by Gasteiger charge is -2.16. The van der Waals surface area contributed by atoms with Crippen molar-refractivity contribution in [3.8, 4) is 0 Å². The maximum Gasteiger partial charge on any atom is 0.130 e. The third-order valence-electron chi connectivity index (χ3n) is 1.78. The number of ether oxygens (including phenoxy) is 1. The highest BCUT2D eigenvalue weighted by molar-refractivity contribution is 5.75. The van der Waals surface area contributed by atoms with Gasteiger partial charge in [0.25, 0.3) is 0 Å². The fourth-order valence-electron chi connectivity index (χ4n) is 0.852. The highest BCUT2D eigenvalue weighted by Crippen LogP contribution is 2.10. The molecule has 2 unspecified atom stereocenters. The van der Waals surface area contributed by atoms with E-state index in [9.17, 15) is 4.79 Å². The fraction of sp³-hybridized carbons (Fsp3) is 0.875. The summed E-state index contributed by atoms with van der Waals surface area (Å²) in [5.74, 6) is 0.568. The first-order valence-electron chi connectivity index (χ1n) is 3.60. The Morgan fingerprint density at radius 3 is 2.30 bits per heavy atom. The minimum atomic E-state index is 0.184. The number of carbonyl (C=O) groups is 1. The van der Waals surface area contributed by atoms with Gasteiger partial charge < -0.3 is 9.53 Å². The summed E-state index contributed by atoms with van der Waals surface area (Å²) in [6.07, 6.45) is 0.804. The van der Waals surface area contributed by atoms with Crippen molar-refractivity contribution in [3.05, 3.63) is 0 Å². The Balaban J connectivity index is 3.61. The average molecular weight is 144 g/mol. The maximum atomic E-state index is 10.6. The van der Waals surface area contributed by atoms with Crippen LogP contribution in [0.15, 0.2) is 0 Å². The third-order valence-corrected chi connectivity index (χ3v) is 1.78. The summed E-state index contributed by atoms with van der Waals surface area (Å²) >= 11 is 0. The van der Waals surface area contributed by atoms with Crippen LogP contribution < -0.4 is 0 Å². The molecule has 0 aliphatic carbocycles. The van der Waals surface area contributed by atoms with Crippen molar-refractivity contribution in [2.75, 3.05) is 7.11 Å². The van der Waals surface area contributed by atoms with Crippen LogP contribution in [0.5, 0.6) is 0 Å². The average Bonchev–Trinajstić information content (AvgIpc) is 1.85. The molecular weight excluding hydrogens is 128 g/mol. The lowest BCUT2D eigenvalue weighted by atomic mass is 10.0. The van der Waals surface area contributed by atoms with Crippen LogP contribution >= 0.6 is 0 Å². The van der Waals surface area contributed by atoms with Crippen LogP contribution in [0.3, 0.4) is 0 Å². The van der Waals surface area contributed by atoms with Gasteiger partial charge in [0.2, 0.25) is 0 Å². The van der Waals surface area contributed by atoms with E-state index in [1.165, 1.54) is 0 Å². The number of carbonyl (C=O) groups excluding carboxylic acids is 1. The van der Waals surface area contributed by atoms with Crippen molar-refractivity contribution in [1.29, 1.82) is 0 Å². The monoisotopic (exact) mass is 144 g/mol. The molecule has 0 aromatic rings. The van der Waals surface area contributed by atoms with Gasteiger partial charge in [-0.05, 0) is 19.8 Å². The van der Waals surface area contributed by atoms with Gasteiger partial charge in [-0.15, -0.1) is 0 Å². The molecular formula is C8H16O2. The fourth-order valence-corrected chi connectivity index (χ4v) is 0.852. The largest absolute Gasteiger partial charge is 0.381 e. The molecule has 0 aromatic carbocycles. The molecule has 0 rings (SSSR count). The molecule has 60 valence electrons. The molecule has 0 fully saturated rings. The van der Waals surface area contributed by atoms with E-state index in [0.717, 1.165) is 0 Å². The first kappa shape index (κ1) is 9.63. The summed E-state index contributed by atoms with van der Waals surface area (Å²) in [5, 5.41) is 0. The van der Waals surface area contributed by atoms with Crippen LogP contribution in [0, 0.1) is 5.92 Å². The zero-order valence-corrected chi connectivity index (χ0v) is 7.18. The Morgan fingerprint density at radius 1 is 1.50 bits per heavy atom. The van der Waals surface area contributed by atoms with E-state index in [0.29, 0.717) is 12.3 Å². The molecule has 0 spiro atoms. The van der Waals surface area contributed by atoms with E-state index in [4.69, 9.17) is 4.74 Å². The molecule has 0 saturated carbocycles. The SMILES string of the molecule is COC(C)C(C)CC(C)=O. The lowest BCUT2D eigenvalue weighted by Crippen LogP contribution is -2.18. The maximum absolute atomic E-state index is 10.6. The van der Waals surface area contributed by atoms with Gasteiger partial charge in [0, 0.05) is 13.5 Å². The molecule has 0 aromatic heterocycles. The van der Waals surface area contributed by atoms with Crippen LogP contribution in [0.4, 0.5) is 0 Å². The number of hydrogen-bond donors (Lipinski definition) is 0. The summed E-state index contributed by atoms with van der Waals surface area (Å²) in [4.78, 5) is 10.6. The molecule has 0 bridgehead atoms. The van der Waals surface area contributed by atoms with Gasteiger partial charge in [-0.3, -0.25) is 0 Å². The molecule has 2 heteroatoms. The molecule has 0 heterocycles. The highest BCUT2D eigenvalue weighted by atomic mass is 16.5. The third kappa shape index (κ3) is 3.62. The molecule has 10 heavy (non-hydrogen) atoms. The van der Waals surface area contributed by atoms with Gasteiger partial charge >= 0.3 is 0 Å². The van der Waals surface area contributed by atoms with Gasteiger partial charge in [0.05, 0.1) is 6.10 Å². The number of rotatable bonds is 4. The van der Waals surface area contributed by atoms with Crippen molar-refractivity contribution < 1.29 is 9.53 Å². The Hall–Kier alpha value is -0.370. The summed E-state index contributed by atoms with van der Waals surface area (Å²) in [5.41, 5.74) is 0. The lowest BCUT2D eigenvalue weighted by molar-refractivity contribution is -0.118. The highest BCUT2D eigenvalue weighted by Gasteiger charge is 2.12. The van der Waals surface area contributed by atoms with E-state index in [2.05, 4.69) is 0 Å².